The molecule has 450 valence electrons. The highest BCUT2D eigenvalue weighted by atomic mass is 16.8. The van der Waals surface area contributed by atoms with E-state index in [0.29, 0.717) is 0 Å². The van der Waals surface area contributed by atoms with Gasteiger partial charge in [-0.05, 0) is 6.92 Å². The minimum absolute atomic E-state index is 0.726. The molecule has 0 spiro atoms. The van der Waals surface area contributed by atoms with Gasteiger partial charge in [0.1, 0.15) is 165 Å². The second-order valence-corrected chi connectivity index (χ2v) is 19.7. The fourth-order valence-corrected chi connectivity index (χ4v) is 9.52. The summed E-state index contributed by atoms with van der Waals surface area (Å²) in [7, 11) is 0. The zero-order chi connectivity index (χ0) is 56.6. The smallest absolute Gasteiger partial charge is 0.187 e. The van der Waals surface area contributed by atoms with Crippen LogP contribution in [0.1, 0.15) is 6.92 Å². The Hall–Kier alpha value is -1.40. The molecule has 7 heterocycles. The van der Waals surface area contributed by atoms with Gasteiger partial charge in [-0.15, -0.1) is 0 Å². The largest absolute Gasteiger partial charge is 0.394 e. The van der Waals surface area contributed by atoms with Crippen LogP contribution >= 0.6 is 0 Å². The van der Waals surface area contributed by atoms with Crippen LogP contribution in [0.25, 0.3) is 0 Å². The molecule has 7 saturated heterocycles. The van der Waals surface area contributed by atoms with Crippen LogP contribution in [0.3, 0.4) is 0 Å². The lowest BCUT2D eigenvalue weighted by atomic mass is 9.96. The van der Waals surface area contributed by atoms with Crippen LogP contribution < -0.4 is 0 Å². The van der Waals surface area contributed by atoms with Crippen molar-refractivity contribution in [2.75, 3.05) is 39.6 Å². The van der Waals surface area contributed by atoms with E-state index in [1.165, 1.54) is 6.92 Å². The molecule has 0 bridgehead atoms. The molecule has 0 aromatic rings. The highest BCUT2D eigenvalue weighted by Gasteiger charge is 2.56. The summed E-state index contributed by atoms with van der Waals surface area (Å²) in [4.78, 5) is 0. The first-order chi connectivity index (χ1) is 36.3. The average Bonchev–Trinajstić information content (AvgIpc) is 3.41. The first kappa shape index (κ1) is 63.2. The van der Waals surface area contributed by atoms with Gasteiger partial charge in [0.2, 0.25) is 0 Å². The van der Waals surface area contributed by atoms with Gasteiger partial charge < -0.3 is 174 Å². The third-order valence-electron chi connectivity index (χ3n) is 14.4. The zero-order valence-corrected chi connectivity index (χ0v) is 40.6. The topological polar surface area (TPSA) is 565 Å². The van der Waals surface area contributed by atoms with E-state index in [1.807, 2.05) is 0 Å². The maximum atomic E-state index is 11.5. The second-order valence-electron chi connectivity index (χ2n) is 19.7. The summed E-state index contributed by atoms with van der Waals surface area (Å²) >= 11 is 0. The molecule has 7 fully saturated rings. The Balaban J connectivity index is 0.997. The van der Waals surface area contributed by atoms with E-state index in [1.54, 1.807) is 0 Å². The maximum Gasteiger partial charge on any atom is 0.187 e. The molecule has 0 aromatic carbocycles. The minimum Gasteiger partial charge on any atom is -0.394 e. The average molecular weight is 1140 g/mol. The van der Waals surface area contributed by atoms with Crippen molar-refractivity contribution in [2.24, 2.45) is 0 Å². The molecule has 7 aliphatic heterocycles. The molecule has 35 nitrogen and oxygen atoms in total. The van der Waals surface area contributed by atoms with E-state index < -0.39 is 255 Å². The Morgan fingerprint density at radius 2 is 0.519 bits per heavy atom. The Morgan fingerprint density at radius 1 is 0.260 bits per heavy atom. The molecule has 77 heavy (non-hydrogen) atoms. The van der Waals surface area contributed by atoms with Crippen molar-refractivity contribution in [1.82, 2.24) is 0 Å². The lowest BCUT2D eigenvalue weighted by molar-refractivity contribution is -0.387. The Labute approximate surface area is 435 Å². The molecule has 7 aliphatic rings. The number of aliphatic hydroxyl groups is 22. The summed E-state index contributed by atoms with van der Waals surface area (Å²) < 4.78 is 72.0. The first-order valence-corrected chi connectivity index (χ1v) is 24.5. The third-order valence-corrected chi connectivity index (χ3v) is 14.4. The van der Waals surface area contributed by atoms with Gasteiger partial charge in [-0.3, -0.25) is 0 Å². The summed E-state index contributed by atoms with van der Waals surface area (Å²) in [5.41, 5.74) is 0. The van der Waals surface area contributed by atoms with Crippen molar-refractivity contribution in [3.8, 4) is 0 Å². The van der Waals surface area contributed by atoms with Crippen LogP contribution in [0.15, 0.2) is 0 Å². The Bertz CT molecular complexity index is 1800. The lowest BCUT2D eigenvalue weighted by Crippen LogP contribution is -2.67. The van der Waals surface area contributed by atoms with E-state index >= 15 is 0 Å². The number of hydrogen-bond acceptors (Lipinski definition) is 35. The monoisotopic (exact) mass is 1140 g/mol. The Morgan fingerprint density at radius 3 is 0.883 bits per heavy atom. The van der Waals surface area contributed by atoms with Crippen LogP contribution in [0, 0.1) is 0 Å². The fourth-order valence-electron chi connectivity index (χ4n) is 9.52. The van der Waals surface area contributed by atoms with Crippen molar-refractivity contribution in [2.45, 2.75) is 222 Å². The number of rotatable bonds is 18. The molecule has 35 heteroatoms. The second kappa shape index (κ2) is 26.9. The molecule has 35 atom stereocenters. The SMILES string of the molecule is C[C@@H]1O[C@@H](O)[C@H](O[C@H]2O[C@H](CO[C@@H]3O[C@H](CO)[C@H](O)[C@H](O)[C@H]3O)[C@@H](O[C@@H]3O[C@H](CO[C@@H]4O[C@H](CO[C@@H]5O[C@H](CO[C@@H]6O[C@H](CO)[C@H](O)[C@H](O)[C@H]6O)[C@H](O)[C@H](O)[C@H]5O)[C@H](O)[C@H](O)[C@H]4O)[C@H](O)[C@H](O)[C@H]3O)[C@H](O)[C@H]2O)[C@H](O)[C@H]1O. The number of hydrogen-bond donors (Lipinski definition) is 22. The predicted octanol–water partition coefficient (Wildman–Crippen LogP) is -15.2. The lowest BCUT2D eigenvalue weighted by Gasteiger charge is -2.48. The van der Waals surface area contributed by atoms with Gasteiger partial charge in [-0.1, -0.05) is 0 Å². The van der Waals surface area contributed by atoms with Crippen molar-refractivity contribution in [3.63, 3.8) is 0 Å². The van der Waals surface area contributed by atoms with Crippen molar-refractivity contribution in [3.05, 3.63) is 0 Å². The fraction of sp³-hybridized carbons (Fsp3) is 1.00. The molecule has 7 rings (SSSR count). The minimum atomic E-state index is -2.21. The number of aliphatic hydroxyl groups excluding tert-OH is 22. The van der Waals surface area contributed by atoms with Gasteiger partial charge >= 0.3 is 0 Å². The molecule has 0 aliphatic carbocycles. The molecule has 0 unspecified atom stereocenters. The molecule has 22 N–H and O–H groups in total. The van der Waals surface area contributed by atoms with Crippen molar-refractivity contribution < 1.29 is 174 Å². The summed E-state index contributed by atoms with van der Waals surface area (Å²) in [6.45, 7) is -3.71. The molecule has 0 amide bonds. The van der Waals surface area contributed by atoms with Gasteiger partial charge in [0, 0.05) is 0 Å². The summed E-state index contributed by atoms with van der Waals surface area (Å²) in [5, 5.41) is 232. The van der Waals surface area contributed by atoms with E-state index in [4.69, 9.17) is 61.6 Å². The van der Waals surface area contributed by atoms with Crippen LogP contribution in [0.4, 0.5) is 0 Å². The Kier molecular flexibility index (Phi) is 22.1. The highest BCUT2D eigenvalue weighted by molar-refractivity contribution is 4.98. The van der Waals surface area contributed by atoms with Crippen LogP contribution in [-0.2, 0) is 61.6 Å². The van der Waals surface area contributed by atoms with Gasteiger partial charge in [-0.2, -0.15) is 0 Å². The maximum absolute atomic E-state index is 11.5. The van der Waals surface area contributed by atoms with Gasteiger partial charge in [0.15, 0.2) is 44.0 Å². The summed E-state index contributed by atoms with van der Waals surface area (Å²) in [6.07, 6.45) is -65.5. The van der Waals surface area contributed by atoms with E-state index in [0.717, 1.165) is 0 Å². The van der Waals surface area contributed by atoms with Crippen molar-refractivity contribution in [1.29, 1.82) is 0 Å². The summed E-state index contributed by atoms with van der Waals surface area (Å²) in [5.74, 6) is 0. The van der Waals surface area contributed by atoms with E-state index in [9.17, 15) is 112 Å². The van der Waals surface area contributed by atoms with Gasteiger partial charge in [0.05, 0.1) is 45.7 Å². The normalized spacial score (nSPS) is 54.0. The highest BCUT2D eigenvalue weighted by Crippen LogP contribution is 2.35. The van der Waals surface area contributed by atoms with E-state index in [2.05, 4.69) is 0 Å². The molecule has 0 aromatic heterocycles. The van der Waals surface area contributed by atoms with Gasteiger partial charge in [0.25, 0.3) is 0 Å². The molecular formula is C42H72O35. The first-order valence-electron chi connectivity index (χ1n) is 24.5. The van der Waals surface area contributed by atoms with Crippen LogP contribution in [0.2, 0.25) is 0 Å². The van der Waals surface area contributed by atoms with Crippen LogP contribution in [-0.4, -0.2) is 367 Å². The predicted molar refractivity (Wildman–Crippen MR) is 230 cm³/mol. The molecule has 0 radical (unpaired) electrons. The standard InChI is InChI=1S/C42H72O35/c1-8-15(45)26(56)35(36(64)69-8)77-42-33(63)27(57)34(14(75-42)7-68-38-29(59)22(52)17(47)10(3-44)71-38)76-41-32(62)25(55)20(50)13(74-41)6-67-40-31(61)24(54)19(49)12(73-40)5-66-39-30(60)23(53)18(48)11(72-39)4-65-37-28(58)21(51)16(46)9(2-43)70-37/h8-64H,2-7H2,1H3/t8-,9+,10+,11+,12+,13+,14+,15-,16-,17-,18-,19-,20-,21-,22-,23-,24-,25-,26+,27+,28+,29+,30+,31+,32+,33+,34+,35+,36+,37+,38+,39+,40+,41-,42+/m0/s1. The summed E-state index contributed by atoms with van der Waals surface area (Å²) in [6, 6.07) is 0. The van der Waals surface area contributed by atoms with Crippen LogP contribution in [0.5, 0.6) is 0 Å². The molecular weight excluding hydrogens is 1060 g/mol. The number of ether oxygens (including phenoxy) is 13. The van der Waals surface area contributed by atoms with Crippen molar-refractivity contribution >= 4 is 0 Å². The van der Waals surface area contributed by atoms with E-state index in [-0.39, 0.29) is 0 Å². The third kappa shape index (κ3) is 13.5. The zero-order valence-electron chi connectivity index (χ0n) is 40.6. The van der Waals surface area contributed by atoms with Gasteiger partial charge in [-0.25, -0.2) is 0 Å². The quantitative estimate of drug-likeness (QED) is 0.0606. The molecule has 0 saturated carbocycles.